The van der Waals surface area contributed by atoms with E-state index in [-0.39, 0.29) is 0 Å². The molecule has 9 atom stereocenters. The van der Waals surface area contributed by atoms with Gasteiger partial charge in [-0.15, -0.1) is 0 Å². The number of aliphatic hydroxyl groups excluding tert-OH is 6. The van der Waals surface area contributed by atoms with Crippen molar-refractivity contribution in [2.45, 2.75) is 67.8 Å². The van der Waals surface area contributed by atoms with Gasteiger partial charge < -0.3 is 45.8 Å². The molecule has 0 amide bonds. The Morgan fingerprint density at radius 1 is 1.00 bits per heavy atom. The third kappa shape index (κ3) is 3.50. The van der Waals surface area contributed by atoms with Crippen LogP contribution < -0.4 is 11.1 Å². The maximum Gasteiger partial charge on any atom is 0.156 e. The lowest BCUT2D eigenvalue weighted by Crippen LogP contribution is -2.81. The molecule has 0 aromatic heterocycles. The fourth-order valence-electron chi connectivity index (χ4n) is 3.40. The predicted octanol–water partition coefficient (Wildman–Crippen LogP) is -5.10. The molecule has 12 heteroatoms. The summed E-state index contributed by atoms with van der Waals surface area (Å²) in [5, 5.41) is 62.3. The third-order valence-electron chi connectivity index (χ3n) is 5.46. The molecule has 161 valence electrons. The van der Waals surface area contributed by atoms with Crippen LogP contribution in [0, 0.1) is 6.61 Å². The minimum absolute atomic E-state index is 0.644. The molecule has 0 saturated carbocycles. The molecule has 2 fully saturated rings. The van der Waals surface area contributed by atoms with Crippen LogP contribution in [-0.2, 0) is 19.1 Å². The Kier molecular flexibility index (Phi) is 6.93. The second-order valence-corrected chi connectivity index (χ2v) is 7.14. The van der Waals surface area contributed by atoms with Gasteiger partial charge in [-0.25, -0.2) is 0 Å². The Morgan fingerprint density at radius 2 is 1.54 bits per heavy atom. The van der Waals surface area contributed by atoms with Crippen molar-refractivity contribution in [2.24, 2.45) is 5.73 Å². The van der Waals surface area contributed by atoms with Crippen LogP contribution in [0.2, 0.25) is 0 Å². The van der Waals surface area contributed by atoms with Crippen molar-refractivity contribution < 1.29 is 49.7 Å². The zero-order chi connectivity index (χ0) is 21.4. The Morgan fingerprint density at radius 3 is 2.00 bits per heavy atom. The molecule has 0 aromatic carbocycles. The molecule has 2 saturated heterocycles. The van der Waals surface area contributed by atoms with Crippen molar-refractivity contribution in [1.82, 2.24) is 5.32 Å². The lowest BCUT2D eigenvalue weighted by Gasteiger charge is -2.52. The van der Waals surface area contributed by atoms with Crippen LogP contribution in [0.5, 0.6) is 0 Å². The summed E-state index contributed by atoms with van der Waals surface area (Å²) in [6.45, 7) is 1.56. The van der Waals surface area contributed by atoms with E-state index >= 15 is 0 Å². The number of ether oxygens (including phenoxy) is 2. The standard InChI is InChI=1S/C16H27N2O10/c1-6(21)15(5-27-8(3-19)10(23)12(15)25)18-14-16(17,7(2)22)13(26)11(24)9(4-20)28-14/h5,8-14,18-20,23-26H,3-4,17H2,1-2H3/t8-,9-,10+,11+,12+,13+,14?,15-,16-/m1/s1. The van der Waals surface area contributed by atoms with Crippen molar-refractivity contribution >= 4 is 11.6 Å². The lowest BCUT2D eigenvalue weighted by atomic mass is 9.76. The van der Waals surface area contributed by atoms with Gasteiger partial charge in [0, 0.05) is 0 Å². The van der Waals surface area contributed by atoms with Gasteiger partial charge in [0.15, 0.2) is 11.6 Å². The van der Waals surface area contributed by atoms with E-state index in [4.69, 9.17) is 15.2 Å². The van der Waals surface area contributed by atoms with E-state index in [0.29, 0.717) is 0 Å². The van der Waals surface area contributed by atoms with Crippen molar-refractivity contribution in [3.8, 4) is 0 Å². The zero-order valence-electron chi connectivity index (χ0n) is 15.4. The summed E-state index contributed by atoms with van der Waals surface area (Å²) in [4.78, 5) is 24.6. The molecule has 0 aromatic rings. The number of Topliss-reactive ketones (excluding diaryl/α,β-unsaturated/α-hetero) is 2. The Labute approximate surface area is 160 Å². The second-order valence-electron chi connectivity index (χ2n) is 7.14. The van der Waals surface area contributed by atoms with Crippen LogP contribution in [0.15, 0.2) is 0 Å². The highest BCUT2D eigenvalue weighted by atomic mass is 16.5. The molecule has 2 aliphatic rings. The summed E-state index contributed by atoms with van der Waals surface area (Å²) in [6.07, 6.45) is -11.3. The largest absolute Gasteiger partial charge is 0.394 e. The number of ketones is 2. The average Bonchev–Trinajstić information content (AvgIpc) is 2.65. The van der Waals surface area contributed by atoms with Crippen molar-refractivity contribution in [2.75, 3.05) is 13.2 Å². The van der Waals surface area contributed by atoms with Crippen LogP contribution in [-0.4, -0.2) is 109 Å². The summed E-state index contributed by atoms with van der Waals surface area (Å²) in [5.74, 6) is -1.57. The van der Waals surface area contributed by atoms with Crippen LogP contribution in [0.25, 0.3) is 0 Å². The Hall–Kier alpha value is -1.06. The third-order valence-corrected chi connectivity index (χ3v) is 5.46. The number of nitrogens with one attached hydrogen (secondary N) is 1. The minimum Gasteiger partial charge on any atom is -0.394 e. The highest BCUT2D eigenvalue weighted by Gasteiger charge is 2.61. The van der Waals surface area contributed by atoms with Crippen LogP contribution >= 0.6 is 0 Å². The maximum absolute atomic E-state index is 12.4. The number of nitrogens with two attached hydrogens (primary N) is 1. The summed E-state index contributed by atoms with van der Waals surface area (Å²) in [7, 11) is 0. The first-order valence-electron chi connectivity index (χ1n) is 8.65. The topological polar surface area (TPSA) is 212 Å². The minimum atomic E-state index is -2.26. The highest BCUT2D eigenvalue weighted by molar-refractivity contribution is 5.90. The molecule has 2 heterocycles. The highest BCUT2D eigenvalue weighted by Crippen LogP contribution is 2.34. The summed E-state index contributed by atoms with van der Waals surface area (Å²) >= 11 is 0. The molecule has 0 aliphatic carbocycles. The Balaban J connectivity index is 2.44. The zero-order valence-corrected chi connectivity index (χ0v) is 15.4. The van der Waals surface area contributed by atoms with E-state index < -0.39 is 78.7 Å². The van der Waals surface area contributed by atoms with E-state index in [0.717, 1.165) is 20.5 Å². The van der Waals surface area contributed by atoms with E-state index in [1.807, 2.05) is 0 Å². The van der Waals surface area contributed by atoms with Crippen molar-refractivity contribution in [3.05, 3.63) is 6.61 Å². The predicted molar refractivity (Wildman–Crippen MR) is 90.2 cm³/mol. The number of hydrogen-bond donors (Lipinski definition) is 8. The number of rotatable bonds is 6. The number of carbonyl (C=O) groups excluding carboxylic acids is 2. The van der Waals surface area contributed by atoms with Crippen molar-refractivity contribution in [1.29, 1.82) is 0 Å². The molecule has 0 spiro atoms. The summed E-state index contributed by atoms with van der Waals surface area (Å²) < 4.78 is 10.6. The van der Waals surface area contributed by atoms with E-state index in [1.165, 1.54) is 0 Å². The number of aliphatic hydroxyl groups is 6. The van der Waals surface area contributed by atoms with Gasteiger partial charge in [-0.2, -0.15) is 0 Å². The molecule has 0 bridgehead atoms. The van der Waals surface area contributed by atoms with E-state index in [9.17, 15) is 40.2 Å². The van der Waals surface area contributed by atoms with Gasteiger partial charge >= 0.3 is 0 Å². The molecule has 2 aliphatic heterocycles. The smallest absolute Gasteiger partial charge is 0.156 e. The first-order valence-corrected chi connectivity index (χ1v) is 8.65. The summed E-state index contributed by atoms with van der Waals surface area (Å²) in [5.41, 5.74) is 1.64. The summed E-state index contributed by atoms with van der Waals surface area (Å²) in [6, 6.07) is 0. The van der Waals surface area contributed by atoms with E-state index in [2.05, 4.69) is 5.32 Å². The number of hydrogen-bond acceptors (Lipinski definition) is 12. The molecular formula is C16H27N2O10. The SMILES string of the molecule is CC(=O)[C@]1(NC2O[C@H](CO)[C@H](O)[C@H](O)[C@]2(N)C(C)=O)[CH]O[C@H](CO)[C@H](O)[C@@H]1O. The Bertz CT molecular complexity index is 606. The van der Waals surface area contributed by atoms with Gasteiger partial charge in [0.2, 0.25) is 0 Å². The molecule has 2 rings (SSSR count). The average molecular weight is 407 g/mol. The quantitative estimate of drug-likeness (QED) is 0.208. The first-order chi connectivity index (χ1) is 13.0. The maximum atomic E-state index is 12.4. The van der Waals surface area contributed by atoms with Gasteiger partial charge in [-0.1, -0.05) is 0 Å². The van der Waals surface area contributed by atoms with Gasteiger partial charge in [0.25, 0.3) is 0 Å². The van der Waals surface area contributed by atoms with Crippen LogP contribution in [0.4, 0.5) is 0 Å². The molecule has 1 radical (unpaired) electrons. The van der Waals surface area contributed by atoms with Gasteiger partial charge in [-0.3, -0.25) is 14.9 Å². The first kappa shape index (κ1) is 23.2. The van der Waals surface area contributed by atoms with Gasteiger partial charge in [0.1, 0.15) is 60.5 Å². The molecule has 28 heavy (non-hydrogen) atoms. The van der Waals surface area contributed by atoms with Gasteiger partial charge in [-0.05, 0) is 13.8 Å². The van der Waals surface area contributed by atoms with Crippen LogP contribution in [0.1, 0.15) is 13.8 Å². The van der Waals surface area contributed by atoms with Gasteiger partial charge in [0.05, 0.1) is 13.2 Å². The lowest BCUT2D eigenvalue weighted by molar-refractivity contribution is -0.236. The van der Waals surface area contributed by atoms with Crippen molar-refractivity contribution in [3.63, 3.8) is 0 Å². The molecule has 12 nitrogen and oxygen atoms in total. The van der Waals surface area contributed by atoms with Crippen LogP contribution in [0.3, 0.4) is 0 Å². The fourth-order valence-corrected chi connectivity index (χ4v) is 3.40. The second kappa shape index (κ2) is 8.36. The fraction of sp³-hybridized carbons (Fsp3) is 0.812. The van der Waals surface area contributed by atoms with E-state index in [1.54, 1.807) is 0 Å². The molecular weight excluding hydrogens is 380 g/mol. The molecule has 1 unspecified atom stereocenters. The normalized spacial score (nSPS) is 47.0. The monoisotopic (exact) mass is 407 g/mol. The molecule has 9 N–H and O–H groups in total. The number of carbonyl (C=O) groups is 2.